The largest absolute Gasteiger partial charge is 0.416 e. The van der Waals surface area contributed by atoms with E-state index in [1.54, 1.807) is 24.3 Å². The Balaban J connectivity index is 1.88. The second-order valence-corrected chi connectivity index (χ2v) is 6.33. The van der Waals surface area contributed by atoms with Gasteiger partial charge < -0.3 is 4.90 Å². The first kappa shape index (κ1) is 16.8. The Bertz CT molecular complexity index is 784. The molecule has 0 fully saturated rings. The number of benzene rings is 2. The number of carbonyl (C=O) groups is 1. The van der Waals surface area contributed by atoms with Crippen LogP contribution in [0.3, 0.4) is 0 Å². The van der Waals surface area contributed by atoms with E-state index in [1.807, 2.05) is 0 Å². The molecule has 0 atom stereocenters. The summed E-state index contributed by atoms with van der Waals surface area (Å²) in [6.45, 7) is 1.85. The molecule has 3 rings (SSSR count). The maximum atomic E-state index is 13.1. The van der Waals surface area contributed by atoms with E-state index in [-0.39, 0.29) is 17.9 Å². The molecule has 2 aromatic rings. The molecule has 2 nitrogen and oxygen atoms in total. The molecule has 1 heterocycles. The van der Waals surface area contributed by atoms with Crippen LogP contribution in [0.15, 0.2) is 36.4 Å². The Morgan fingerprint density at radius 2 is 1.88 bits per heavy atom. The number of halogens is 4. The van der Waals surface area contributed by atoms with Crippen molar-refractivity contribution in [1.82, 2.24) is 0 Å². The number of nitrogens with zero attached hydrogens (tertiary/aromatic N) is 1. The van der Waals surface area contributed by atoms with Crippen molar-refractivity contribution in [2.75, 3.05) is 11.4 Å². The summed E-state index contributed by atoms with van der Waals surface area (Å²) in [5.74, 6) is -0.215. The van der Waals surface area contributed by atoms with Crippen molar-refractivity contribution in [2.24, 2.45) is 0 Å². The minimum atomic E-state index is -4.42. The number of alkyl halides is 3. The van der Waals surface area contributed by atoms with E-state index in [0.29, 0.717) is 23.7 Å². The van der Waals surface area contributed by atoms with Crippen molar-refractivity contribution in [3.05, 3.63) is 63.7 Å². The van der Waals surface area contributed by atoms with Crippen molar-refractivity contribution >= 4 is 23.2 Å². The lowest BCUT2D eigenvalue weighted by atomic mass is 10.0. The van der Waals surface area contributed by atoms with Crippen LogP contribution in [-0.2, 0) is 23.8 Å². The van der Waals surface area contributed by atoms with Crippen LogP contribution in [0.5, 0.6) is 0 Å². The number of amides is 1. The van der Waals surface area contributed by atoms with Gasteiger partial charge in [0.25, 0.3) is 0 Å². The van der Waals surface area contributed by atoms with Crippen LogP contribution in [0.4, 0.5) is 18.9 Å². The Morgan fingerprint density at radius 1 is 1.21 bits per heavy atom. The van der Waals surface area contributed by atoms with Gasteiger partial charge in [0.1, 0.15) is 0 Å². The summed E-state index contributed by atoms with van der Waals surface area (Å²) in [6, 6.07) is 9.49. The highest BCUT2D eigenvalue weighted by molar-refractivity contribution is 6.30. The van der Waals surface area contributed by atoms with Gasteiger partial charge in [-0.05, 0) is 48.2 Å². The van der Waals surface area contributed by atoms with Crippen LogP contribution < -0.4 is 4.90 Å². The molecule has 0 aromatic heterocycles. The summed E-state index contributed by atoms with van der Waals surface area (Å²) in [7, 11) is 0. The van der Waals surface area contributed by atoms with E-state index in [4.69, 9.17) is 11.6 Å². The third-order valence-corrected chi connectivity index (χ3v) is 4.45. The molecule has 0 radical (unpaired) electrons. The van der Waals surface area contributed by atoms with Gasteiger partial charge in [-0.25, -0.2) is 0 Å². The molecule has 0 unspecified atom stereocenters. The number of hydrogen-bond donors (Lipinski definition) is 0. The molecular weight excluding hydrogens is 339 g/mol. The van der Waals surface area contributed by atoms with Crippen molar-refractivity contribution in [2.45, 2.75) is 25.9 Å². The van der Waals surface area contributed by atoms with Crippen LogP contribution >= 0.6 is 11.6 Å². The fraction of sp³-hybridized carbons (Fsp3) is 0.278. The van der Waals surface area contributed by atoms with E-state index in [1.165, 1.54) is 17.9 Å². The molecule has 0 N–H and O–H groups in total. The van der Waals surface area contributed by atoms with Crippen molar-refractivity contribution < 1.29 is 18.0 Å². The molecule has 2 aromatic carbocycles. The van der Waals surface area contributed by atoms with E-state index < -0.39 is 11.7 Å². The van der Waals surface area contributed by atoms with Gasteiger partial charge in [-0.15, -0.1) is 0 Å². The Labute approximate surface area is 142 Å². The lowest BCUT2D eigenvalue weighted by Gasteiger charge is -2.20. The summed E-state index contributed by atoms with van der Waals surface area (Å²) < 4.78 is 39.3. The van der Waals surface area contributed by atoms with Gasteiger partial charge in [0.15, 0.2) is 0 Å². The highest BCUT2D eigenvalue weighted by Gasteiger charge is 2.35. The van der Waals surface area contributed by atoms with E-state index in [2.05, 4.69) is 0 Å². The molecular formula is C18H15ClF3NO. The Morgan fingerprint density at radius 3 is 2.50 bits per heavy atom. The molecule has 6 heteroatoms. The monoisotopic (exact) mass is 353 g/mol. The molecule has 1 aliphatic rings. The smallest absolute Gasteiger partial charge is 0.312 e. The number of rotatable bonds is 2. The normalized spacial score (nSPS) is 14.0. The lowest BCUT2D eigenvalue weighted by Crippen LogP contribution is -2.30. The van der Waals surface area contributed by atoms with Gasteiger partial charge in [0, 0.05) is 17.3 Å². The molecule has 0 saturated carbocycles. The number of hydrogen-bond acceptors (Lipinski definition) is 1. The average Bonchev–Trinajstić information content (AvgIpc) is 2.90. The molecule has 0 saturated heterocycles. The molecule has 1 amide bonds. The zero-order valence-electron chi connectivity index (χ0n) is 13.0. The molecule has 0 spiro atoms. The van der Waals surface area contributed by atoms with E-state index >= 15 is 0 Å². The summed E-state index contributed by atoms with van der Waals surface area (Å²) in [4.78, 5) is 14.0. The fourth-order valence-electron chi connectivity index (χ4n) is 3.00. The van der Waals surface area contributed by atoms with Gasteiger partial charge in [-0.1, -0.05) is 29.8 Å². The second kappa shape index (κ2) is 6.13. The highest BCUT2D eigenvalue weighted by atomic mass is 35.5. The molecule has 126 valence electrons. The topological polar surface area (TPSA) is 20.3 Å². The SMILES string of the molecule is Cc1cc2c(cc1C(F)(F)F)N(C(=O)Cc1ccc(Cl)cc1)CC2. The zero-order chi connectivity index (χ0) is 17.5. The summed E-state index contributed by atoms with van der Waals surface area (Å²) >= 11 is 5.82. The minimum Gasteiger partial charge on any atom is -0.312 e. The number of fused-ring (bicyclic) bond motifs is 1. The minimum absolute atomic E-state index is 0.131. The first-order valence-electron chi connectivity index (χ1n) is 7.51. The van der Waals surface area contributed by atoms with Crippen LogP contribution in [-0.4, -0.2) is 12.5 Å². The van der Waals surface area contributed by atoms with Crippen molar-refractivity contribution in [3.63, 3.8) is 0 Å². The average molecular weight is 354 g/mol. The number of anilines is 1. The third-order valence-electron chi connectivity index (χ3n) is 4.20. The van der Waals surface area contributed by atoms with E-state index in [0.717, 1.165) is 17.2 Å². The highest BCUT2D eigenvalue weighted by Crippen LogP contribution is 2.38. The van der Waals surface area contributed by atoms with Crippen LogP contribution in [0, 0.1) is 6.92 Å². The van der Waals surface area contributed by atoms with Gasteiger partial charge >= 0.3 is 6.18 Å². The van der Waals surface area contributed by atoms with Gasteiger partial charge in [0.2, 0.25) is 5.91 Å². The summed E-state index contributed by atoms with van der Waals surface area (Å²) in [6.07, 6.45) is -3.72. The third kappa shape index (κ3) is 3.26. The standard InChI is InChI=1S/C18H15ClF3NO/c1-11-8-13-6-7-23(16(13)10-15(11)18(20,21)22)17(24)9-12-2-4-14(19)5-3-12/h2-5,8,10H,6-7,9H2,1H3. The Kier molecular flexibility index (Phi) is 4.30. The van der Waals surface area contributed by atoms with Gasteiger partial charge in [-0.3, -0.25) is 4.79 Å². The van der Waals surface area contributed by atoms with Crippen LogP contribution in [0.25, 0.3) is 0 Å². The van der Waals surface area contributed by atoms with Crippen molar-refractivity contribution in [1.29, 1.82) is 0 Å². The number of carbonyl (C=O) groups excluding carboxylic acids is 1. The predicted molar refractivity (Wildman–Crippen MR) is 87.4 cm³/mol. The summed E-state index contributed by atoms with van der Waals surface area (Å²) in [5.41, 5.74) is 1.43. The Hall–Kier alpha value is -2.01. The lowest BCUT2D eigenvalue weighted by molar-refractivity contribution is -0.138. The first-order chi connectivity index (χ1) is 11.3. The van der Waals surface area contributed by atoms with E-state index in [9.17, 15) is 18.0 Å². The predicted octanol–water partition coefficient (Wildman–Crippen LogP) is 4.80. The van der Waals surface area contributed by atoms with Crippen LogP contribution in [0.1, 0.15) is 22.3 Å². The van der Waals surface area contributed by atoms with Crippen LogP contribution in [0.2, 0.25) is 5.02 Å². The molecule has 0 aliphatic carbocycles. The molecule has 24 heavy (non-hydrogen) atoms. The molecule has 1 aliphatic heterocycles. The van der Waals surface area contributed by atoms with Crippen molar-refractivity contribution in [3.8, 4) is 0 Å². The quantitative estimate of drug-likeness (QED) is 0.759. The maximum absolute atomic E-state index is 13.1. The number of aryl methyl sites for hydroxylation is 1. The fourth-order valence-corrected chi connectivity index (χ4v) is 3.12. The molecule has 0 bridgehead atoms. The maximum Gasteiger partial charge on any atom is 0.416 e. The zero-order valence-corrected chi connectivity index (χ0v) is 13.7. The van der Waals surface area contributed by atoms with Gasteiger partial charge in [-0.2, -0.15) is 13.2 Å². The van der Waals surface area contributed by atoms with Gasteiger partial charge in [0.05, 0.1) is 12.0 Å². The second-order valence-electron chi connectivity index (χ2n) is 5.89. The first-order valence-corrected chi connectivity index (χ1v) is 7.89. The summed E-state index contributed by atoms with van der Waals surface area (Å²) in [5, 5.41) is 0.572.